The van der Waals surface area contributed by atoms with Gasteiger partial charge in [0.15, 0.2) is 11.6 Å². The lowest BCUT2D eigenvalue weighted by atomic mass is 10.0. The number of rotatable bonds is 21. The molecule has 0 aliphatic carbocycles. The molecule has 1 aromatic rings. The highest BCUT2D eigenvalue weighted by molar-refractivity contribution is 5.74. The molecule has 0 heterocycles. The van der Waals surface area contributed by atoms with Crippen molar-refractivity contribution in [3.63, 3.8) is 0 Å². The lowest BCUT2D eigenvalue weighted by Gasteiger charge is -2.06. The van der Waals surface area contributed by atoms with E-state index in [0.29, 0.717) is 13.0 Å². The van der Waals surface area contributed by atoms with Gasteiger partial charge in [0.05, 0.1) is 6.61 Å². The summed E-state index contributed by atoms with van der Waals surface area (Å²) in [5.74, 6) is -1.50. The summed E-state index contributed by atoms with van der Waals surface area (Å²) < 4.78 is 23.6. The van der Waals surface area contributed by atoms with E-state index >= 15 is 0 Å². The second-order valence-electron chi connectivity index (χ2n) is 8.93. The van der Waals surface area contributed by atoms with Crippen LogP contribution in [0.15, 0.2) is 24.3 Å². The minimum Gasteiger partial charge on any atom is -0.466 e. The molecule has 0 aliphatic heterocycles. The summed E-state index contributed by atoms with van der Waals surface area (Å²) in [7, 11) is 0. The molecular weight excluding hydrogens is 419 g/mol. The van der Waals surface area contributed by atoms with Gasteiger partial charge in [-0.1, -0.05) is 109 Å². The minimum absolute atomic E-state index is 0.0579. The molecule has 4 nitrogen and oxygen atoms in total. The Morgan fingerprint density at radius 3 is 1.70 bits per heavy atom. The number of carbonyl (C=O) groups is 2. The van der Waals surface area contributed by atoms with Gasteiger partial charge in [-0.05, 0) is 25.0 Å². The van der Waals surface area contributed by atoms with E-state index < -0.39 is 11.8 Å². The Bertz CT molecular complexity index is 632. The maximum absolute atomic E-state index is 13.4. The Kier molecular flexibility index (Phi) is 18.2. The highest BCUT2D eigenvalue weighted by Crippen LogP contribution is 2.17. The van der Waals surface area contributed by atoms with E-state index in [1.54, 1.807) is 6.07 Å². The Hall–Kier alpha value is -1.91. The molecule has 0 aliphatic rings. The third kappa shape index (κ3) is 17.3. The maximum Gasteiger partial charge on any atom is 0.311 e. The number of benzene rings is 1. The second-order valence-corrected chi connectivity index (χ2v) is 8.93. The first-order valence-corrected chi connectivity index (χ1v) is 13.2. The quantitative estimate of drug-likeness (QED) is 0.104. The van der Waals surface area contributed by atoms with Crippen molar-refractivity contribution in [3.05, 3.63) is 30.1 Å². The maximum atomic E-state index is 13.4. The van der Waals surface area contributed by atoms with Crippen molar-refractivity contribution in [3.8, 4) is 5.75 Å². The van der Waals surface area contributed by atoms with Crippen LogP contribution in [0.2, 0.25) is 0 Å². The number of ether oxygens (including phenoxy) is 2. The molecule has 1 rings (SSSR count). The van der Waals surface area contributed by atoms with Crippen LogP contribution in [-0.2, 0) is 14.3 Å². The summed E-state index contributed by atoms with van der Waals surface area (Å²) in [5, 5.41) is 0. The van der Waals surface area contributed by atoms with Crippen molar-refractivity contribution < 1.29 is 23.5 Å². The van der Waals surface area contributed by atoms with Gasteiger partial charge in [0.2, 0.25) is 0 Å². The van der Waals surface area contributed by atoms with Crippen molar-refractivity contribution in [1.82, 2.24) is 0 Å². The van der Waals surface area contributed by atoms with Crippen LogP contribution < -0.4 is 4.74 Å². The van der Waals surface area contributed by atoms with E-state index in [2.05, 4.69) is 6.92 Å². The molecule has 0 spiro atoms. The number of para-hydroxylation sites is 1. The fourth-order valence-electron chi connectivity index (χ4n) is 3.81. The summed E-state index contributed by atoms with van der Waals surface area (Å²) >= 11 is 0. The monoisotopic (exact) mass is 464 g/mol. The van der Waals surface area contributed by atoms with Gasteiger partial charge in [-0.15, -0.1) is 0 Å². The third-order valence-corrected chi connectivity index (χ3v) is 5.83. The zero-order valence-corrected chi connectivity index (χ0v) is 20.8. The molecule has 0 saturated carbocycles. The number of unbranched alkanes of at least 4 members (excludes halogenated alkanes) is 14. The van der Waals surface area contributed by atoms with E-state index in [1.807, 2.05) is 0 Å². The number of carbonyl (C=O) groups excluding carboxylic acids is 2. The zero-order chi connectivity index (χ0) is 24.0. The Labute approximate surface area is 200 Å². The predicted molar refractivity (Wildman–Crippen MR) is 132 cm³/mol. The zero-order valence-electron chi connectivity index (χ0n) is 20.8. The van der Waals surface area contributed by atoms with Crippen LogP contribution in [-0.4, -0.2) is 18.5 Å². The standard InChI is InChI=1S/C28H45FO4/c1-2-3-4-5-6-7-8-9-10-11-12-13-14-15-18-24-32-27(30)22-19-23-28(31)33-26-21-17-16-20-25(26)29/h16-17,20-21H,2-15,18-19,22-24H2,1H3. The Morgan fingerprint density at radius 2 is 1.15 bits per heavy atom. The highest BCUT2D eigenvalue weighted by Gasteiger charge is 2.10. The van der Waals surface area contributed by atoms with Gasteiger partial charge in [-0.2, -0.15) is 0 Å². The van der Waals surface area contributed by atoms with E-state index in [1.165, 1.54) is 102 Å². The third-order valence-electron chi connectivity index (χ3n) is 5.83. The number of halogens is 1. The van der Waals surface area contributed by atoms with E-state index in [4.69, 9.17) is 9.47 Å². The van der Waals surface area contributed by atoms with Crippen molar-refractivity contribution in [2.75, 3.05) is 6.61 Å². The molecule has 0 N–H and O–H groups in total. The van der Waals surface area contributed by atoms with Gasteiger partial charge < -0.3 is 9.47 Å². The van der Waals surface area contributed by atoms with Crippen LogP contribution in [0.25, 0.3) is 0 Å². The van der Waals surface area contributed by atoms with Crippen LogP contribution in [0.3, 0.4) is 0 Å². The van der Waals surface area contributed by atoms with Crippen molar-refractivity contribution in [2.24, 2.45) is 0 Å². The second kappa shape index (κ2) is 20.7. The SMILES string of the molecule is CCCCCCCCCCCCCCCCCOC(=O)CCCC(=O)Oc1ccccc1F. The average Bonchev–Trinajstić information content (AvgIpc) is 2.80. The molecular formula is C28H45FO4. The molecule has 0 bridgehead atoms. The number of hydrogen-bond acceptors (Lipinski definition) is 4. The van der Waals surface area contributed by atoms with E-state index in [0.717, 1.165) is 12.8 Å². The molecule has 1 aromatic carbocycles. The van der Waals surface area contributed by atoms with Crippen molar-refractivity contribution in [1.29, 1.82) is 0 Å². The van der Waals surface area contributed by atoms with Gasteiger partial charge >= 0.3 is 11.9 Å². The first kappa shape index (κ1) is 29.1. The minimum atomic E-state index is -0.575. The molecule has 0 amide bonds. The molecule has 0 saturated heterocycles. The van der Waals surface area contributed by atoms with Crippen molar-refractivity contribution in [2.45, 2.75) is 122 Å². The van der Waals surface area contributed by atoms with E-state index in [-0.39, 0.29) is 24.6 Å². The molecule has 0 fully saturated rings. The summed E-state index contributed by atoms with van der Waals surface area (Å²) in [6, 6.07) is 5.76. The fourth-order valence-corrected chi connectivity index (χ4v) is 3.81. The smallest absolute Gasteiger partial charge is 0.311 e. The molecule has 0 unspecified atom stereocenters. The van der Waals surface area contributed by atoms with Gasteiger partial charge in [0.25, 0.3) is 0 Å². The Morgan fingerprint density at radius 1 is 0.667 bits per heavy atom. The van der Waals surface area contributed by atoms with Gasteiger partial charge in [-0.25, -0.2) is 4.39 Å². The van der Waals surface area contributed by atoms with Gasteiger partial charge in [0, 0.05) is 12.8 Å². The first-order chi connectivity index (χ1) is 16.1. The number of hydrogen-bond donors (Lipinski definition) is 0. The number of esters is 2. The van der Waals surface area contributed by atoms with Crippen LogP contribution >= 0.6 is 0 Å². The molecule has 33 heavy (non-hydrogen) atoms. The Balaban J connectivity index is 1.83. The highest BCUT2D eigenvalue weighted by atomic mass is 19.1. The van der Waals surface area contributed by atoms with Crippen molar-refractivity contribution >= 4 is 11.9 Å². The van der Waals surface area contributed by atoms with Crippen LogP contribution in [0.1, 0.15) is 122 Å². The molecule has 5 heteroatoms. The predicted octanol–water partition coefficient (Wildman–Crippen LogP) is 8.32. The summed E-state index contributed by atoms with van der Waals surface area (Å²) in [4.78, 5) is 23.5. The lowest BCUT2D eigenvalue weighted by Crippen LogP contribution is -2.11. The normalized spacial score (nSPS) is 10.8. The largest absolute Gasteiger partial charge is 0.466 e. The lowest BCUT2D eigenvalue weighted by molar-refractivity contribution is -0.144. The molecule has 0 aromatic heterocycles. The van der Waals surface area contributed by atoms with Gasteiger partial charge in [-0.3, -0.25) is 9.59 Å². The van der Waals surface area contributed by atoms with Crippen LogP contribution in [0.5, 0.6) is 5.75 Å². The molecule has 188 valence electrons. The van der Waals surface area contributed by atoms with Gasteiger partial charge in [0.1, 0.15) is 0 Å². The van der Waals surface area contributed by atoms with Crippen LogP contribution in [0, 0.1) is 5.82 Å². The summed E-state index contributed by atoms with van der Waals surface area (Å²) in [5.41, 5.74) is 0. The van der Waals surface area contributed by atoms with Crippen LogP contribution in [0.4, 0.5) is 4.39 Å². The average molecular weight is 465 g/mol. The molecule has 0 atom stereocenters. The van der Waals surface area contributed by atoms with E-state index in [9.17, 15) is 14.0 Å². The molecule has 0 radical (unpaired) electrons. The summed E-state index contributed by atoms with van der Waals surface area (Å²) in [6.45, 7) is 2.70. The summed E-state index contributed by atoms with van der Waals surface area (Å²) in [6.07, 6.45) is 20.1. The topological polar surface area (TPSA) is 52.6 Å². The fraction of sp³-hybridized carbons (Fsp3) is 0.714. The first-order valence-electron chi connectivity index (χ1n) is 13.2.